The Kier molecular flexibility index (Phi) is 1.45. The number of nitrogens with zero attached hydrogens (tertiary/aromatic N) is 2. The molecule has 1 aliphatic heterocycles. The van der Waals surface area contributed by atoms with Crippen molar-refractivity contribution in [1.29, 1.82) is 0 Å². The molecule has 0 aromatic rings. The molecule has 0 fully saturated rings. The molecule has 4 heteroatoms. The van der Waals surface area contributed by atoms with Gasteiger partial charge in [0.05, 0.1) is 0 Å². The van der Waals surface area contributed by atoms with Crippen molar-refractivity contribution in [2.75, 3.05) is 13.6 Å². The molecule has 0 amide bonds. The highest BCUT2D eigenvalue weighted by Gasteiger charge is 2.11. The van der Waals surface area contributed by atoms with Crippen LogP contribution in [0.2, 0.25) is 0 Å². The highest BCUT2D eigenvalue weighted by atomic mass is 16.7. The number of aliphatic imine (C=N–C) groups is 1. The lowest BCUT2D eigenvalue weighted by molar-refractivity contribution is -0.0968. The Bertz CT molecular complexity index is 103. The predicted octanol–water partition coefficient (Wildman–Crippen LogP) is -0.824. The van der Waals surface area contributed by atoms with Crippen LogP contribution in [0.15, 0.2) is 4.99 Å². The summed E-state index contributed by atoms with van der Waals surface area (Å²) in [6, 6.07) is 0. The second-order valence-corrected chi connectivity index (χ2v) is 1.61. The molecule has 0 radical (unpaired) electrons. The smallest absolute Gasteiger partial charge is 0.189 e. The van der Waals surface area contributed by atoms with Gasteiger partial charge in [-0.25, -0.2) is 14.9 Å². The van der Waals surface area contributed by atoms with Crippen molar-refractivity contribution in [3.8, 4) is 0 Å². The number of hydroxylamine groups is 2. The molecule has 0 spiro atoms. The minimum Gasteiger partial charge on any atom is -0.326 e. The van der Waals surface area contributed by atoms with Crippen LogP contribution < -0.4 is 5.73 Å². The summed E-state index contributed by atoms with van der Waals surface area (Å²) in [5.74, 6) is 0. The Morgan fingerprint density at radius 3 is 3.00 bits per heavy atom. The fourth-order valence-electron chi connectivity index (χ4n) is 0.518. The number of rotatable bonds is 1. The normalized spacial score (nSPS) is 27.2. The molecule has 8 heavy (non-hydrogen) atoms. The molecule has 4 nitrogen and oxygen atoms in total. The summed E-state index contributed by atoms with van der Waals surface area (Å²) in [5, 5.41) is 1.54. The highest BCUT2D eigenvalue weighted by molar-refractivity contribution is 5.54. The van der Waals surface area contributed by atoms with E-state index >= 15 is 0 Å². The fourth-order valence-corrected chi connectivity index (χ4v) is 0.518. The van der Waals surface area contributed by atoms with Crippen LogP contribution in [0.25, 0.3) is 0 Å². The van der Waals surface area contributed by atoms with Gasteiger partial charge in [0.15, 0.2) is 6.23 Å². The van der Waals surface area contributed by atoms with E-state index in [4.69, 9.17) is 10.6 Å². The molecule has 0 bridgehead atoms. The van der Waals surface area contributed by atoms with Gasteiger partial charge in [-0.1, -0.05) is 0 Å². The van der Waals surface area contributed by atoms with Crippen LogP contribution in [0.1, 0.15) is 0 Å². The molecule has 1 unspecified atom stereocenters. The maximum Gasteiger partial charge on any atom is 0.189 e. The summed E-state index contributed by atoms with van der Waals surface area (Å²) in [7, 11) is 1.78. The standard InChI is InChI=1S/C4H9N3O/c1-7-3-6-4(2-5)8-7/h3-4H,2,5H2,1H3. The maximum absolute atomic E-state index is 5.23. The van der Waals surface area contributed by atoms with Gasteiger partial charge in [-0.15, -0.1) is 0 Å². The van der Waals surface area contributed by atoms with E-state index in [0.717, 1.165) is 0 Å². The van der Waals surface area contributed by atoms with E-state index in [0.29, 0.717) is 6.54 Å². The van der Waals surface area contributed by atoms with Crippen molar-refractivity contribution in [2.24, 2.45) is 10.7 Å². The van der Waals surface area contributed by atoms with Crippen LogP contribution in [-0.2, 0) is 4.84 Å². The van der Waals surface area contributed by atoms with Crippen LogP contribution in [0.4, 0.5) is 0 Å². The van der Waals surface area contributed by atoms with Gasteiger partial charge in [-0.3, -0.25) is 0 Å². The lowest BCUT2D eigenvalue weighted by Crippen LogP contribution is -2.22. The van der Waals surface area contributed by atoms with Gasteiger partial charge in [-0.2, -0.15) is 0 Å². The second-order valence-electron chi connectivity index (χ2n) is 1.61. The SMILES string of the molecule is CN1C=NC(CN)O1. The quantitative estimate of drug-likeness (QED) is 0.485. The first-order valence-electron chi connectivity index (χ1n) is 2.46. The molecule has 1 rings (SSSR count). The number of hydrogen-bond donors (Lipinski definition) is 1. The van der Waals surface area contributed by atoms with E-state index < -0.39 is 0 Å². The monoisotopic (exact) mass is 115 g/mol. The van der Waals surface area contributed by atoms with Crippen molar-refractivity contribution in [3.63, 3.8) is 0 Å². The van der Waals surface area contributed by atoms with E-state index in [1.54, 1.807) is 13.4 Å². The van der Waals surface area contributed by atoms with Crippen LogP contribution in [0.3, 0.4) is 0 Å². The lowest BCUT2D eigenvalue weighted by Gasteiger charge is -2.07. The van der Waals surface area contributed by atoms with E-state index in [-0.39, 0.29) is 6.23 Å². The molecule has 1 aliphatic rings. The average molecular weight is 115 g/mol. The molecule has 1 atom stereocenters. The van der Waals surface area contributed by atoms with E-state index in [1.807, 2.05) is 0 Å². The van der Waals surface area contributed by atoms with Gasteiger partial charge in [0, 0.05) is 13.6 Å². The van der Waals surface area contributed by atoms with Crippen molar-refractivity contribution < 1.29 is 4.84 Å². The second kappa shape index (κ2) is 2.11. The van der Waals surface area contributed by atoms with E-state index in [9.17, 15) is 0 Å². The number of nitrogens with two attached hydrogens (primary N) is 1. The molecule has 46 valence electrons. The Morgan fingerprint density at radius 1 is 2.00 bits per heavy atom. The van der Waals surface area contributed by atoms with E-state index in [2.05, 4.69) is 4.99 Å². The van der Waals surface area contributed by atoms with Gasteiger partial charge >= 0.3 is 0 Å². The predicted molar refractivity (Wildman–Crippen MR) is 30.2 cm³/mol. The zero-order valence-electron chi connectivity index (χ0n) is 4.74. The Hall–Kier alpha value is -0.610. The summed E-state index contributed by atoms with van der Waals surface area (Å²) in [4.78, 5) is 8.89. The molecule has 0 saturated heterocycles. The van der Waals surface area contributed by atoms with Crippen molar-refractivity contribution in [2.45, 2.75) is 6.23 Å². The minimum absolute atomic E-state index is 0.153. The van der Waals surface area contributed by atoms with Crippen LogP contribution in [0, 0.1) is 0 Å². The number of hydrogen-bond acceptors (Lipinski definition) is 4. The first-order chi connectivity index (χ1) is 3.83. The van der Waals surface area contributed by atoms with Gasteiger partial charge in [0.2, 0.25) is 0 Å². The summed E-state index contributed by atoms with van der Waals surface area (Å²) < 4.78 is 0. The van der Waals surface area contributed by atoms with Crippen molar-refractivity contribution in [3.05, 3.63) is 0 Å². The molecular weight excluding hydrogens is 106 g/mol. The first kappa shape index (κ1) is 5.53. The third-order valence-corrected chi connectivity index (χ3v) is 0.885. The first-order valence-corrected chi connectivity index (χ1v) is 2.46. The third kappa shape index (κ3) is 0.962. The molecule has 0 aromatic carbocycles. The van der Waals surface area contributed by atoms with E-state index in [1.165, 1.54) is 5.06 Å². The van der Waals surface area contributed by atoms with Gasteiger partial charge < -0.3 is 5.73 Å². The highest BCUT2D eigenvalue weighted by Crippen LogP contribution is 1.99. The summed E-state index contributed by atoms with van der Waals surface area (Å²) in [6.07, 6.45) is 1.46. The molecule has 0 saturated carbocycles. The zero-order chi connectivity index (χ0) is 5.98. The summed E-state index contributed by atoms with van der Waals surface area (Å²) >= 11 is 0. The van der Waals surface area contributed by atoms with Gasteiger partial charge in [0.1, 0.15) is 6.34 Å². The zero-order valence-corrected chi connectivity index (χ0v) is 4.74. The molecule has 0 aromatic heterocycles. The summed E-state index contributed by atoms with van der Waals surface area (Å²) in [6.45, 7) is 0.445. The fraction of sp³-hybridized carbons (Fsp3) is 0.750. The van der Waals surface area contributed by atoms with Crippen LogP contribution in [0.5, 0.6) is 0 Å². The Balaban J connectivity index is 2.34. The van der Waals surface area contributed by atoms with Crippen molar-refractivity contribution in [1.82, 2.24) is 5.06 Å². The minimum atomic E-state index is -0.153. The molecule has 0 aliphatic carbocycles. The summed E-state index contributed by atoms with van der Waals surface area (Å²) in [5.41, 5.74) is 5.23. The van der Waals surface area contributed by atoms with Crippen LogP contribution in [-0.4, -0.2) is 31.2 Å². The Labute approximate surface area is 47.9 Å². The topological polar surface area (TPSA) is 50.8 Å². The third-order valence-electron chi connectivity index (χ3n) is 0.885. The Morgan fingerprint density at radius 2 is 2.75 bits per heavy atom. The molecular formula is C4H9N3O. The lowest BCUT2D eigenvalue weighted by atomic mass is 10.6. The van der Waals surface area contributed by atoms with Gasteiger partial charge in [-0.05, 0) is 0 Å². The molecule has 1 heterocycles. The van der Waals surface area contributed by atoms with Gasteiger partial charge in [0.25, 0.3) is 0 Å². The molecule has 2 N–H and O–H groups in total. The largest absolute Gasteiger partial charge is 0.326 e. The maximum atomic E-state index is 5.23. The average Bonchev–Trinajstić information content (AvgIpc) is 2.14. The van der Waals surface area contributed by atoms with Crippen molar-refractivity contribution >= 4 is 6.34 Å². The van der Waals surface area contributed by atoms with Crippen LogP contribution >= 0.6 is 0 Å².